The van der Waals surface area contributed by atoms with Crippen LogP contribution in [0.1, 0.15) is 41.9 Å². The summed E-state index contributed by atoms with van der Waals surface area (Å²) in [7, 11) is 0. The van der Waals surface area contributed by atoms with Crippen molar-refractivity contribution >= 4 is 40.5 Å². The zero-order valence-corrected chi connectivity index (χ0v) is 19.4. The lowest BCUT2D eigenvalue weighted by molar-refractivity contribution is -0.139. The zero-order valence-electron chi connectivity index (χ0n) is 17.9. The molecule has 2 aliphatic heterocycles. The first kappa shape index (κ1) is 22.4. The molecule has 0 aromatic carbocycles. The van der Waals surface area contributed by atoms with E-state index in [1.54, 1.807) is 24.5 Å². The smallest absolute Gasteiger partial charge is 0.280 e. The van der Waals surface area contributed by atoms with Crippen LogP contribution in [0, 0.1) is 5.92 Å². The summed E-state index contributed by atoms with van der Waals surface area (Å²) < 4.78 is 5.52. The highest BCUT2D eigenvalue weighted by Crippen LogP contribution is 2.34. The number of aromatic nitrogens is 3. The molecule has 1 N–H and O–H groups in total. The van der Waals surface area contributed by atoms with Crippen LogP contribution in [-0.2, 0) is 14.3 Å². The first-order chi connectivity index (χ1) is 16.0. The molecule has 0 unspecified atom stereocenters. The van der Waals surface area contributed by atoms with Crippen molar-refractivity contribution in [1.82, 2.24) is 25.4 Å². The van der Waals surface area contributed by atoms with Crippen LogP contribution in [0.2, 0.25) is 0 Å². The summed E-state index contributed by atoms with van der Waals surface area (Å²) in [5.41, 5.74) is 0.630. The summed E-state index contributed by atoms with van der Waals surface area (Å²) in [4.78, 5) is 45.7. The van der Waals surface area contributed by atoms with Gasteiger partial charge >= 0.3 is 0 Å². The van der Waals surface area contributed by atoms with Crippen molar-refractivity contribution in [3.05, 3.63) is 29.5 Å². The van der Waals surface area contributed by atoms with Gasteiger partial charge in [-0.05, 0) is 30.9 Å². The fourth-order valence-electron chi connectivity index (χ4n) is 4.98. The van der Waals surface area contributed by atoms with E-state index in [2.05, 4.69) is 20.5 Å². The second-order valence-corrected chi connectivity index (χ2v) is 10.3. The van der Waals surface area contributed by atoms with Gasteiger partial charge in [0.1, 0.15) is 30.5 Å². The number of carbonyl (C=O) groups is 3. The van der Waals surface area contributed by atoms with Gasteiger partial charge in [0.05, 0.1) is 10.3 Å². The summed E-state index contributed by atoms with van der Waals surface area (Å²) in [5, 5.41) is 10.7. The van der Waals surface area contributed by atoms with E-state index < -0.39 is 29.5 Å². The summed E-state index contributed by atoms with van der Waals surface area (Å²) in [6, 6.07) is 2.15. The van der Waals surface area contributed by atoms with Gasteiger partial charge in [-0.2, -0.15) is 5.10 Å². The Bertz CT molecular complexity index is 1040. The third kappa shape index (κ3) is 4.39. The quantitative estimate of drug-likeness (QED) is 0.639. The first-order valence-electron chi connectivity index (χ1n) is 11.2. The molecule has 4 heterocycles. The first-order valence-corrected chi connectivity index (χ1v) is 12.4. The van der Waals surface area contributed by atoms with E-state index in [1.165, 1.54) is 16.2 Å². The molecule has 2 aromatic rings. The van der Waals surface area contributed by atoms with Crippen molar-refractivity contribution < 1.29 is 19.1 Å². The van der Waals surface area contributed by atoms with Crippen LogP contribution in [0.5, 0.6) is 0 Å². The number of amides is 2. The van der Waals surface area contributed by atoms with E-state index in [0.29, 0.717) is 5.69 Å². The number of carbonyl (C=O) groups excluding carboxylic acids is 3. The van der Waals surface area contributed by atoms with Crippen molar-refractivity contribution in [2.45, 2.75) is 55.7 Å². The van der Waals surface area contributed by atoms with Gasteiger partial charge in [-0.15, -0.1) is 28.0 Å². The van der Waals surface area contributed by atoms with Crippen LogP contribution in [0.15, 0.2) is 24.5 Å². The molecule has 0 radical (unpaired) electrons. The summed E-state index contributed by atoms with van der Waals surface area (Å²) >= 11 is 7.59. The SMILES string of the molecule is O=C(N[C@H](C(=O)N1C[C@H](Cl)[C@H]2OCC(=O)[C@H]21)C1CCCCC1)c1ncc(-c2cccnn2)s1. The van der Waals surface area contributed by atoms with Crippen LogP contribution in [-0.4, -0.2) is 74.4 Å². The molecule has 3 aliphatic rings. The minimum absolute atomic E-state index is 0.000119. The molecule has 0 bridgehead atoms. The number of hydrogen-bond acceptors (Lipinski definition) is 8. The number of nitrogens with one attached hydrogen (secondary N) is 1. The number of ketones is 1. The molecule has 2 amide bonds. The average Bonchev–Trinajstić information content (AvgIpc) is 3.56. The summed E-state index contributed by atoms with van der Waals surface area (Å²) in [6.07, 6.45) is 7.48. The molecule has 2 aromatic heterocycles. The average molecular weight is 490 g/mol. The van der Waals surface area contributed by atoms with Gasteiger partial charge in [0.15, 0.2) is 10.8 Å². The Labute approximate surface area is 199 Å². The van der Waals surface area contributed by atoms with E-state index in [1.807, 2.05) is 0 Å². The van der Waals surface area contributed by atoms with Gasteiger partial charge < -0.3 is 15.0 Å². The normalized spacial score (nSPS) is 26.3. The topological polar surface area (TPSA) is 114 Å². The molecular weight excluding hydrogens is 466 g/mol. The largest absolute Gasteiger partial charge is 0.366 e. The van der Waals surface area contributed by atoms with Crippen LogP contribution in [0.3, 0.4) is 0 Å². The monoisotopic (exact) mass is 489 g/mol. The number of Topliss-reactive ketones (excluding diaryl/α,β-unsaturated/α-hetero) is 1. The third-order valence-electron chi connectivity index (χ3n) is 6.60. The number of fused-ring (bicyclic) bond motifs is 1. The van der Waals surface area contributed by atoms with Gasteiger partial charge in [0, 0.05) is 18.9 Å². The highest BCUT2D eigenvalue weighted by atomic mass is 35.5. The van der Waals surface area contributed by atoms with E-state index in [4.69, 9.17) is 16.3 Å². The number of ether oxygens (including phenoxy) is 1. The number of alkyl halides is 1. The Hall–Kier alpha value is -2.43. The maximum absolute atomic E-state index is 13.7. The van der Waals surface area contributed by atoms with Crippen LogP contribution in [0.4, 0.5) is 0 Å². The summed E-state index contributed by atoms with van der Waals surface area (Å²) in [6.45, 7) is 0.196. The van der Waals surface area contributed by atoms with Crippen LogP contribution >= 0.6 is 22.9 Å². The van der Waals surface area contributed by atoms with E-state index >= 15 is 0 Å². The Morgan fingerprint density at radius 2 is 2.09 bits per heavy atom. The summed E-state index contributed by atoms with van der Waals surface area (Å²) in [5.74, 6) is -0.817. The lowest BCUT2D eigenvalue weighted by Crippen LogP contribution is -2.55. The van der Waals surface area contributed by atoms with Crippen LogP contribution in [0.25, 0.3) is 10.6 Å². The molecule has 2 saturated heterocycles. The number of likely N-dealkylation sites (tertiary alicyclic amines) is 1. The molecule has 5 rings (SSSR count). The molecule has 3 fully saturated rings. The maximum Gasteiger partial charge on any atom is 0.280 e. The highest BCUT2D eigenvalue weighted by molar-refractivity contribution is 7.16. The minimum atomic E-state index is -0.738. The predicted molar refractivity (Wildman–Crippen MR) is 121 cm³/mol. The Balaban J connectivity index is 1.37. The number of thiazole rings is 1. The van der Waals surface area contributed by atoms with E-state index in [-0.39, 0.29) is 35.8 Å². The Morgan fingerprint density at radius 1 is 1.27 bits per heavy atom. The fourth-order valence-corrected chi connectivity index (χ4v) is 6.13. The van der Waals surface area contributed by atoms with Gasteiger partial charge in [0.2, 0.25) is 5.91 Å². The fraction of sp³-hybridized carbons (Fsp3) is 0.545. The number of nitrogens with zero attached hydrogens (tertiary/aromatic N) is 4. The molecule has 1 saturated carbocycles. The van der Waals surface area contributed by atoms with Crippen LogP contribution < -0.4 is 5.32 Å². The lowest BCUT2D eigenvalue weighted by atomic mass is 9.83. The van der Waals surface area contributed by atoms with Gasteiger partial charge in [-0.1, -0.05) is 19.3 Å². The van der Waals surface area contributed by atoms with Gasteiger partial charge in [-0.25, -0.2) is 4.98 Å². The number of halogens is 1. The molecule has 1 aliphatic carbocycles. The van der Waals surface area contributed by atoms with Crippen molar-refractivity contribution in [3.63, 3.8) is 0 Å². The third-order valence-corrected chi connectivity index (χ3v) is 8.01. The predicted octanol–water partition coefficient (Wildman–Crippen LogP) is 2.06. The van der Waals surface area contributed by atoms with Crippen molar-refractivity contribution in [2.24, 2.45) is 5.92 Å². The zero-order chi connectivity index (χ0) is 22.9. The molecular formula is C22H24ClN5O4S. The second-order valence-electron chi connectivity index (χ2n) is 8.68. The van der Waals surface area contributed by atoms with E-state index in [0.717, 1.165) is 37.0 Å². The maximum atomic E-state index is 13.7. The molecule has 4 atom stereocenters. The molecule has 33 heavy (non-hydrogen) atoms. The molecule has 174 valence electrons. The lowest BCUT2D eigenvalue weighted by Gasteiger charge is -2.34. The van der Waals surface area contributed by atoms with Crippen molar-refractivity contribution in [2.75, 3.05) is 13.2 Å². The van der Waals surface area contributed by atoms with Gasteiger partial charge in [0.25, 0.3) is 5.91 Å². The second kappa shape index (κ2) is 9.44. The highest BCUT2D eigenvalue weighted by Gasteiger charge is 2.53. The minimum Gasteiger partial charge on any atom is -0.366 e. The van der Waals surface area contributed by atoms with Gasteiger partial charge in [-0.3, -0.25) is 14.4 Å². The molecule has 0 spiro atoms. The molecule has 9 nitrogen and oxygen atoms in total. The van der Waals surface area contributed by atoms with Crippen molar-refractivity contribution in [1.29, 1.82) is 0 Å². The number of hydrogen-bond donors (Lipinski definition) is 1. The number of rotatable bonds is 5. The Kier molecular flexibility index (Phi) is 6.40. The Morgan fingerprint density at radius 3 is 2.85 bits per heavy atom. The molecule has 11 heteroatoms. The van der Waals surface area contributed by atoms with E-state index in [9.17, 15) is 14.4 Å². The standard InChI is InChI=1S/C22H24ClN5O4S/c23-13-10-28(18-15(29)11-32-19(13)18)22(31)17(12-5-2-1-3-6-12)26-20(30)21-24-9-16(33-21)14-7-4-8-25-27-14/h4,7-9,12-13,17-19H,1-3,5-6,10-11H2,(H,26,30)/t13-,17-,18+,19+/m0/s1. The van der Waals surface area contributed by atoms with Crippen molar-refractivity contribution in [3.8, 4) is 10.6 Å².